The molecule has 3 rings (SSSR count). The fraction of sp³-hybridized carbons (Fsp3) is 0.292. The van der Waals surface area contributed by atoms with Crippen LogP contribution >= 0.6 is 11.6 Å². The van der Waals surface area contributed by atoms with Crippen LogP contribution in [-0.2, 0) is 17.8 Å². The third-order valence-electron chi connectivity index (χ3n) is 5.25. The van der Waals surface area contributed by atoms with Crippen LogP contribution in [0.3, 0.4) is 0 Å². The van der Waals surface area contributed by atoms with E-state index in [0.29, 0.717) is 6.54 Å². The molecule has 0 radical (unpaired) electrons. The quantitative estimate of drug-likeness (QED) is 0.156. The molecule has 0 aliphatic rings. The zero-order valence-corrected chi connectivity index (χ0v) is 18.1. The average Bonchev–Trinajstić information content (AvgIpc) is 3.11. The second kappa shape index (κ2) is 11.7. The number of hydrogen-bond acceptors (Lipinski definition) is 4. The summed E-state index contributed by atoms with van der Waals surface area (Å²) in [5.74, 6) is -0.563. The van der Waals surface area contributed by atoms with Crippen LogP contribution in [0.2, 0.25) is 5.15 Å². The van der Waals surface area contributed by atoms with Crippen molar-refractivity contribution in [3.05, 3.63) is 76.5 Å². The van der Waals surface area contributed by atoms with Gasteiger partial charge in [0.25, 0.3) is 5.91 Å². The Morgan fingerprint density at radius 2 is 1.87 bits per heavy atom. The molecule has 0 aliphatic carbocycles. The lowest BCUT2D eigenvalue weighted by Crippen LogP contribution is -2.27. The second-order valence-corrected chi connectivity index (χ2v) is 7.85. The molecule has 1 aromatic heterocycles. The molecule has 0 bridgehead atoms. The molecule has 0 saturated carbocycles. The molecule has 0 unspecified atom stereocenters. The molecule has 0 atom stereocenters. The number of aromatic amines is 1. The summed E-state index contributed by atoms with van der Waals surface area (Å²) in [5.41, 5.74) is 5.81. The fourth-order valence-corrected chi connectivity index (χ4v) is 3.96. The third-order valence-corrected chi connectivity index (χ3v) is 5.57. The molecule has 7 heteroatoms. The number of carbonyl (C=O) groups excluding carboxylic acids is 1. The van der Waals surface area contributed by atoms with E-state index in [-0.39, 0.29) is 6.61 Å². The van der Waals surface area contributed by atoms with E-state index in [0.717, 1.165) is 54.1 Å². The van der Waals surface area contributed by atoms with Crippen LogP contribution in [0.1, 0.15) is 29.5 Å². The van der Waals surface area contributed by atoms with Gasteiger partial charge in [-0.15, -0.1) is 0 Å². The van der Waals surface area contributed by atoms with Crippen molar-refractivity contribution in [1.82, 2.24) is 15.4 Å². The molecule has 1 amide bonds. The summed E-state index contributed by atoms with van der Waals surface area (Å²) < 4.78 is 0. The number of fused-ring (bicyclic) bond motifs is 1. The normalized spacial score (nSPS) is 11.6. The van der Waals surface area contributed by atoms with E-state index in [1.807, 2.05) is 42.5 Å². The lowest BCUT2D eigenvalue weighted by atomic mass is 10.1. The number of aliphatic hydroxyl groups excluding tert-OH is 1. The lowest BCUT2D eigenvalue weighted by Gasteiger charge is -2.21. The number of hydroxylamine groups is 1. The predicted octanol–water partition coefficient (Wildman–Crippen LogP) is 4.16. The molecule has 4 N–H and O–H groups in total. The minimum atomic E-state index is -0.563. The zero-order valence-electron chi connectivity index (χ0n) is 17.4. The van der Waals surface area contributed by atoms with E-state index in [1.165, 1.54) is 17.0 Å². The number of nitrogens with zero attached hydrogens (tertiary/aromatic N) is 1. The molecular weight excluding hydrogens is 414 g/mol. The third kappa shape index (κ3) is 6.67. The van der Waals surface area contributed by atoms with Crippen molar-refractivity contribution in [3.63, 3.8) is 0 Å². The average molecular weight is 442 g/mol. The van der Waals surface area contributed by atoms with Gasteiger partial charge in [-0.2, -0.15) is 0 Å². The summed E-state index contributed by atoms with van der Waals surface area (Å²) >= 11 is 6.39. The van der Waals surface area contributed by atoms with Crippen molar-refractivity contribution in [2.75, 3.05) is 19.7 Å². The highest BCUT2D eigenvalue weighted by molar-refractivity contribution is 6.31. The van der Waals surface area contributed by atoms with Gasteiger partial charge in [0, 0.05) is 30.1 Å². The molecular formula is C24H28ClN3O3. The van der Waals surface area contributed by atoms with E-state index >= 15 is 0 Å². The summed E-state index contributed by atoms with van der Waals surface area (Å²) in [4.78, 5) is 16.5. The van der Waals surface area contributed by atoms with Gasteiger partial charge in [0.05, 0.1) is 6.61 Å². The van der Waals surface area contributed by atoms with Gasteiger partial charge < -0.3 is 10.1 Å². The van der Waals surface area contributed by atoms with Crippen LogP contribution in [0.5, 0.6) is 0 Å². The maximum Gasteiger partial charge on any atom is 0.267 e. The van der Waals surface area contributed by atoms with Crippen molar-refractivity contribution in [3.8, 4) is 0 Å². The maximum absolute atomic E-state index is 11.1. The van der Waals surface area contributed by atoms with Gasteiger partial charge in [0.2, 0.25) is 0 Å². The second-order valence-electron chi connectivity index (χ2n) is 7.47. The van der Waals surface area contributed by atoms with Crippen LogP contribution in [0.4, 0.5) is 0 Å². The number of aromatic nitrogens is 1. The largest absolute Gasteiger partial charge is 0.395 e. The number of aliphatic hydroxyl groups is 1. The van der Waals surface area contributed by atoms with Crippen molar-refractivity contribution < 1.29 is 15.1 Å². The Labute approximate surface area is 187 Å². The van der Waals surface area contributed by atoms with Crippen molar-refractivity contribution in [2.24, 2.45) is 0 Å². The number of hydrogen-bond donors (Lipinski definition) is 4. The first-order chi connectivity index (χ1) is 15.1. The molecule has 0 aliphatic heterocycles. The molecule has 6 nitrogen and oxygen atoms in total. The molecule has 31 heavy (non-hydrogen) atoms. The first-order valence-electron chi connectivity index (χ1n) is 10.4. The van der Waals surface area contributed by atoms with E-state index in [2.05, 4.69) is 16.0 Å². The van der Waals surface area contributed by atoms with Crippen LogP contribution in [-0.4, -0.2) is 45.8 Å². The molecule has 0 saturated heterocycles. The van der Waals surface area contributed by atoms with Crippen LogP contribution < -0.4 is 5.48 Å². The number of para-hydroxylation sites is 1. The van der Waals surface area contributed by atoms with E-state index in [1.54, 1.807) is 11.6 Å². The highest BCUT2D eigenvalue weighted by Crippen LogP contribution is 2.27. The molecule has 0 fully saturated rings. The van der Waals surface area contributed by atoms with Gasteiger partial charge in [-0.1, -0.05) is 54.1 Å². The number of benzene rings is 2. The Morgan fingerprint density at radius 3 is 2.61 bits per heavy atom. The number of unbranched alkanes of at least 4 members (excludes halogenated alkanes) is 1. The summed E-state index contributed by atoms with van der Waals surface area (Å²) in [6.07, 6.45) is 5.84. The smallest absolute Gasteiger partial charge is 0.267 e. The highest BCUT2D eigenvalue weighted by Gasteiger charge is 2.10. The van der Waals surface area contributed by atoms with Crippen LogP contribution in [0, 0.1) is 0 Å². The summed E-state index contributed by atoms with van der Waals surface area (Å²) in [6, 6.07) is 16.0. The molecule has 0 spiro atoms. The summed E-state index contributed by atoms with van der Waals surface area (Å²) in [5, 5.41) is 19.9. The Morgan fingerprint density at radius 1 is 1.10 bits per heavy atom. The minimum absolute atomic E-state index is 0.116. The maximum atomic E-state index is 11.1. The van der Waals surface area contributed by atoms with E-state index in [9.17, 15) is 9.90 Å². The lowest BCUT2D eigenvalue weighted by molar-refractivity contribution is -0.124. The van der Waals surface area contributed by atoms with Crippen molar-refractivity contribution in [2.45, 2.75) is 25.8 Å². The Kier molecular flexibility index (Phi) is 8.67. The molecule has 2 aromatic carbocycles. The van der Waals surface area contributed by atoms with Gasteiger partial charge in [0.1, 0.15) is 5.15 Å². The summed E-state index contributed by atoms with van der Waals surface area (Å²) in [6.45, 7) is 2.37. The SMILES string of the molecule is O=C(/C=C/c1ccc(CN(CCO)CCCCc2c(Cl)[nH]c3ccccc23)cc1)NO. The van der Waals surface area contributed by atoms with E-state index < -0.39 is 5.91 Å². The Bertz CT molecular complexity index is 1010. The van der Waals surface area contributed by atoms with Gasteiger partial charge >= 0.3 is 0 Å². The van der Waals surface area contributed by atoms with Crippen molar-refractivity contribution >= 4 is 34.5 Å². The van der Waals surface area contributed by atoms with Gasteiger partial charge in [0.15, 0.2) is 0 Å². The Balaban J connectivity index is 1.51. The minimum Gasteiger partial charge on any atom is -0.395 e. The van der Waals surface area contributed by atoms with Gasteiger partial charge in [-0.05, 0) is 54.6 Å². The molecule has 164 valence electrons. The molecule has 3 aromatic rings. The first kappa shape index (κ1) is 23.0. The van der Waals surface area contributed by atoms with Gasteiger partial charge in [-0.25, -0.2) is 5.48 Å². The number of rotatable bonds is 11. The monoisotopic (exact) mass is 441 g/mol. The highest BCUT2D eigenvalue weighted by atomic mass is 35.5. The number of halogens is 1. The van der Waals surface area contributed by atoms with Crippen molar-refractivity contribution in [1.29, 1.82) is 0 Å². The number of carbonyl (C=O) groups is 1. The Hall–Kier alpha value is -2.64. The van der Waals surface area contributed by atoms with Crippen LogP contribution in [0.25, 0.3) is 17.0 Å². The van der Waals surface area contributed by atoms with Crippen LogP contribution in [0.15, 0.2) is 54.6 Å². The number of H-pyrrole nitrogens is 1. The number of aryl methyl sites for hydroxylation is 1. The topological polar surface area (TPSA) is 88.6 Å². The molecule has 1 heterocycles. The number of amides is 1. The first-order valence-corrected chi connectivity index (χ1v) is 10.8. The zero-order chi connectivity index (χ0) is 22.1. The van der Waals surface area contributed by atoms with Gasteiger partial charge in [-0.3, -0.25) is 14.9 Å². The van der Waals surface area contributed by atoms with E-state index in [4.69, 9.17) is 16.8 Å². The number of nitrogens with one attached hydrogen (secondary N) is 2. The summed E-state index contributed by atoms with van der Waals surface area (Å²) in [7, 11) is 0. The standard InChI is InChI=1S/C24H28ClN3O3/c25-24-21(20-5-1-2-7-22(20)26-24)6-3-4-14-28(15-16-29)17-19-10-8-18(9-11-19)12-13-23(30)27-31/h1-2,5,7-13,26,29,31H,3-4,6,14-17H2,(H,27,30)/b13-12+. The predicted molar refractivity (Wildman–Crippen MR) is 124 cm³/mol. The fourth-order valence-electron chi connectivity index (χ4n) is 3.66.